The molecular weight excluding hydrogens is 246 g/mol. The summed E-state index contributed by atoms with van der Waals surface area (Å²) in [5.41, 5.74) is 0. The molecular formula is C14H25NO2S. The van der Waals surface area contributed by atoms with E-state index in [0.29, 0.717) is 12.3 Å². The molecule has 1 rings (SSSR count). The van der Waals surface area contributed by atoms with Gasteiger partial charge in [-0.15, -0.1) is 0 Å². The van der Waals surface area contributed by atoms with Gasteiger partial charge in [0.25, 0.3) is 0 Å². The van der Waals surface area contributed by atoms with Crippen molar-refractivity contribution in [2.45, 2.75) is 58.1 Å². The fraction of sp³-hybridized carbons (Fsp3) is 0.929. The summed E-state index contributed by atoms with van der Waals surface area (Å²) in [5.74, 6) is 0.559. The second kappa shape index (κ2) is 6.56. The van der Waals surface area contributed by atoms with E-state index in [1.54, 1.807) is 0 Å². The number of rotatable bonds is 5. The molecule has 0 heterocycles. The summed E-state index contributed by atoms with van der Waals surface area (Å²) in [6.07, 6.45) is 4.65. The second-order valence-electron chi connectivity index (χ2n) is 5.97. The number of nitriles is 1. The van der Waals surface area contributed by atoms with Crippen LogP contribution in [0, 0.1) is 29.1 Å². The number of hydrogen-bond donors (Lipinski definition) is 0. The van der Waals surface area contributed by atoms with Crippen molar-refractivity contribution in [1.82, 2.24) is 0 Å². The molecule has 0 radical (unpaired) electrons. The highest BCUT2D eigenvalue weighted by atomic mass is 32.2. The largest absolute Gasteiger partial charge is 0.228 e. The summed E-state index contributed by atoms with van der Waals surface area (Å²) in [7, 11) is -3.12. The van der Waals surface area contributed by atoms with Crippen LogP contribution in [0.4, 0.5) is 0 Å². The van der Waals surface area contributed by atoms with E-state index in [-0.39, 0.29) is 17.6 Å². The Morgan fingerprint density at radius 1 is 1.33 bits per heavy atom. The quantitative estimate of drug-likeness (QED) is 0.771. The third-order valence-electron chi connectivity index (χ3n) is 3.79. The van der Waals surface area contributed by atoms with Crippen LogP contribution in [-0.2, 0) is 9.84 Å². The first-order valence-electron chi connectivity index (χ1n) is 7.01. The van der Waals surface area contributed by atoms with Crippen LogP contribution in [0.15, 0.2) is 0 Å². The summed E-state index contributed by atoms with van der Waals surface area (Å²) in [6.45, 7) is 5.98. The fourth-order valence-corrected chi connectivity index (χ4v) is 5.45. The van der Waals surface area contributed by atoms with Crippen molar-refractivity contribution >= 4 is 9.84 Å². The highest BCUT2D eigenvalue weighted by Gasteiger charge is 2.38. The molecule has 1 saturated carbocycles. The first kappa shape index (κ1) is 15.5. The Bertz CT molecular complexity index is 395. The molecule has 18 heavy (non-hydrogen) atoms. The fourth-order valence-electron chi connectivity index (χ4n) is 3.02. The smallest absolute Gasteiger partial charge is 0.154 e. The lowest BCUT2D eigenvalue weighted by molar-refractivity contribution is 0.298. The molecule has 0 aromatic heterocycles. The van der Waals surface area contributed by atoms with E-state index in [1.165, 1.54) is 0 Å². The lowest BCUT2D eigenvalue weighted by Crippen LogP contribution is -2.37. The molecule has 4 heteroatoms. The average molecular weight is 271 g/mol. The van der Waals surface area contributed by atoms with E-state index in [9.17, 15) is 8.42 Å². The van der Waals surface area contributed by atoms with Gasteiger partial charge in [-0.05, 0) is 31.1 Å². The third-order valence-corrected chi connectivity index (χ3v) is 6.36. The molecule has 0 aromatic carbocycles. The maximum atomic E-state index is 12.4. The zero-order valence-electron chi connectivity index (χ0n) is 11.7. The standard InChI is InChI=1S/C14H25NO2S/c1-4-5-12-6-7-13(9-15)14(8-12)18(16,17)10-11(2)3/h11-14H,4-8,10H2,1-3H3. The van der Waals surface area contributed by atoms with Gasteiger partial charge in [0.1, 0.15) is 0 Å². The van der Waals surface area contributed by atoms with E-state index in [0.717, 1.165) is 25.7 Å². The van der Waals surface area contributed by atoms with Gasteiger partial charge in [0.2, 0.25) is 0 Å². The van der Waals surface area contributed by atoms with Gasteiger partial charge in [0.05, 0.1) is 23.0 Å². The van der Waals surface area contributed by atoms with Crippen molar-refractivity contribution in [2.75, 3.05) is 5.75 Å². The van der Waals surface area contributed by atoms with Gasteiger partial charge in [0, 0.05) is 0 Å². The van der Waals surface area contributed by atoms with Crippen molar-refractivity contribution in [2.24, 2.45) is 17.8 Å². The summed E-state index contributed by atoms with van der Waals surface area (Å²) >= 11 is 0. The molecule has 0 aromatic rings. The van der Waals surface area contributed by atoms with Crippen LogP contribution in [0.2, 0.25) is 0 Å². The van der Waals surface area contributed by atoms with Crippen molar-refractivity contribution < 1.29 is 8.42 Å². The van der Waals surface area contributed by atoms with Crippen LogP contribution in [0.25, 0.3) is 0 Å². The van der Waals surface area contributed by atoms with E-state index in [2.05, 4.69) is 13.0 Å². The van der Waals surface area contributed by atoms with Crippen LogP contribution in [0.3, 0.4) is 0 Å². The van der Waals surface area contributed by atoms with E-state index in [4.69, 9.17) is 5.26 Å². The highest BCUT2D eigenvalue weighted by Crippen LogP contribution is 2.36. The predicted octanol–water partition coefficient (Wildman–Crippen LogP) is 3.17. The summed E-state index contributed by atoms with van der Waals surface area (Å²) in [5, 5.41) is 8.74. The van der Waals surface area contributed by atoms with E-state index < -0.39 is 15.1 Å². The van der Waals surface area contributed by atoms with Crippen molar-refractivity contribution in [1.29, 1.82) is 5.26 Å². The van der Waals surface area contributed by atoms with Crippen LogP contribution >= 0.6 is 0 Å². The van der Waals surface area contributed by atoms with E-state index >= 15 is 0 Å². The minimum Gasteiger partial charge on any atom is -0.228 e. The molecule has 3 unspecified atom stereocenters. The van der Waals surface area contributed by atoms with Crippen LogP contribution in [0.1, 0.15) is 52.9 Å². The minimum absolute atomic E-state index is 0.140. The van der Waals surface area contributed by atoms with E-state index in [1.807, 2.05) is 13.8 Å². The Balaban J connectivity index is 2.83. The molecule has 0 bridgehead atoms. The predicted molar refractivity (Wildman–Crippen MR) is 73.8 cm³/mol. The first-order chi connectivity index (χ1) is 8.40. The Hall–Kier alpha value is -0.560. The lowest BCUT2D eigenvalue weighted by Gasteiger charge is -2.32. The molecule has 1 aliphatic carbocycles. The third kappa shape index (κ3) is 3.98. The Morgan fingerprint density at radius 2 is 2.00 bits per heavy atom. The monoisotopic (exact) mass is 271 g/mol. The molecule has 3 nitrogen and oxygen atoms in total. The zero-order valence-corrected chi connectivity index (χ0v) is 12.5. The van der Waals surface area contributed by atoms with Crippen molar-refractivity contribution in [3.05, 3.63) is 0 Å². The Labute approximate surface area is 111 Å². The lowest BCUT2D eigenvalue weighted by atomic mass is 9.80. The van der Waals surface area contributed by atoms with Gasteiger partial charge in [-0.25, -0.2) is 8.42 Å². The Morgan fingerprint density at radius 3 is 2.50 bits per heavy atom. The van der Waals surface area contributed by atoms with Crippen molar-refractivity contribution in [3.63, 3.8) is 0 Å². The van der Waals surface area contributed by atoms with Crippen LogP contribution in [-0.4, -0.2) is 19.4 Å². The van der Waals surface area contributed by atoms with Gasteiger partial charge in [0.15, 0.2) is 9.84 Å². The number of sulfone groups is 1. The second-order valence-corrected chi connectivity index (χ2v) is 8.23. The topological polar surface area (TPSA) is 57.9 Å². The molecule has 0 N–H and O–H groups in total. The van der Waals surface area contributed by atoms with Gasteiger partial charge >= 0.3 is 0 Å². The van der Waals surface area contributed by atoms with Crippen LogP contribution in [0.5, 0.6) is 0 Å². The normalized spacial score (nSPS) is 29.2. The molecule has 0 amide bonds. The molecule has 1 aliphatic rings. The zero-order chi connectivity index (χ0) is 13.8. The maximum Gasteiger partial charge on any atom is 0.154 e. The average Bonchev–Trinajstić information content (AvgIpc) is 2.27. The van der Waals surface area contributed by atoms with Crippen molar-refractivity contribution in [3.8, 4) is 6.07 Å². The number of nitrogens with zero attached hydrogens (tertiary/aromatic N) is 1. The van der Waals surface area contributed by atoms with Gasteiger partial charge in [-0.2, -0.15) is 5.26 Å². The molecule has 0 aliphatic heterocycles. The molecule has 104 valence electrons. The highest BCUT2D eigenvalue weighted by molar-refractivity contribution is 7.92. The van der Waals surface area contributed by atoms with Gasteiger partial charge < -0.3 is 0 Å². The maximum absolute atomic E-state index is 12.4. The summed E-state index contributed by atoms with van der Waals surface area (Å²) < 4.78 is 24.7. The SMILES string of the molecule is CCCC1CCC(C#N)C(S(=O)(=O)CC(C)C)C1. The molecule has 0 saturated heterocycles. The minimum atomic E-state index is -3.12. The molecule has 1 fully saturated rings. The van der Waals surface area contributed by atoms with Gasteiger partial charge in [-0.3, -0.25) is 0 Å². The summed E-state index contributed by atoms with van der Waals surface area (Å²) in [6, 6.07) is 2.22. The number of hydrogen-bond acceptors (Lipinski definition) is 3. The molecule has 0 spiro atoms. The first-order valence-corrected chi connectivity index (χ1v) is 8.73. The molecule has 3 atom stereocenters. The Kier molecular flexibility index (Phi) is 5.65. The van der Waals surface area contributed by atoms with Gasteiger partial charge in [-0.1, -0.05) is 33.6 Å². The summed E-state index contributed by atoms with van der Waals surface area (Å²) in [4.78, 5) is 0. The van der Waals surface area contributed by atoms with Crippen LogP contribution < -0.4 is 0 Å².